The van der Waals surface area contributed by atoms with E-state index in [1.807, 2.05) is 0 Å². The number of rotatable bonds is 2. The van der Waals surface area contributed by atoms with Crippen LogP contribution in [0.4, 0.5) is 4.39 Å². The first-order valence-electron chi connectivity index (χ1n) is 5.44. The third-order valence-corrected chi connectivity index (χ3v) is 3.03. The van der Waals surface area contributed by atoms with Crippen LogP contribution in [-0.4, -0.2) is 15.6 Å². The molecule has 82 valence electrons. The lowest BCUT2D eigenvalue weighted by molar-refractivity contribution is 0.101. The van der Waals surface area contributed by atoms with Crippen LogP contribution >= 0.6 is 0 Å². The van der Waals surface area contributed by atoms with E-state index in [1.54, 1.807) is 0 Å². The van der Waals surface area contributed by atoms with Crippen molar-refractivity contribution >= 4 is 5.78 Å². The van der Waals surface area contributed by atoms with Crippen molar-refractivity contribution in [1.29, 1.82) is 0 Å². The zero-order chi connectivity index (χ0) is 10.8. The Balaban J connectivity index is 2.24. The first-order chi connectivity index (χ1) is 7.20. The molecule has 0 aliphatic heterocycles. The van der Waals surface area contributed by atoms with E-state index in [0.717, 1.165) is 25.7 Å². The maximum absolute atomic E-state index is 13.7. The highest BCUT2D eigenvalue weighted by Gasteiger charge is 2.22. The summed E-state index contributed by atoms with van der Waals surface area (Å²) in [6, 6.07) is 0.145. The van der Waals surface area contributed by atoms with Gasteiger partial charge < -0.3 is 0 Å². The number of ketones is 1. The van der Waals surface area contributed by atoms with Gasteiger partial charge >= 0.3 is 0 Å². The zero-order valence-electron chi connectivity index (χ0n) is 8.87. The Morgan fingerprint density at radius 2 is 2.13 bits per heavy atom. The molecule has 0 aromatic carbocycles. The van der Waals surface area contributed by atoms with Crippen LogP contribution in [-0.2, 0) is 0 Å². The third-order valence-electron chi connectivity index (χ3n) is 3.03. The number of hydrogen-bond donors (Lipinski definition) is 0. The van der Waals surface area contributed by atoms with Crippen LogP contribution in [0.1, 0.15) is 55.4 Å². The van der Waals surface area contributed by atoms with Crippen LogP contribution < -0.4 is 0 Å². The maximum Gasteiger partial charge on any atom is 0.222 e. The average molecular weight is 210 g/mol. The number of carbonyl (C=O) groups is 1. The van der Waals surface area contributed by atoms with Gasteiger partial charge in [0.1, 0.15) is 0 Å². The molecule has 0 atom stereocenters. The van der Waals surface area contributed by atoms with Crippen molar-refractivity contribution in [3.8, 4) is 0 Å². The fourth-order valence-electron chi connectivity index (χ4n) is 2.16. The lowest BCUT2D eigenvalue weighted by atomic mass is 9.96. The molecule has 0 spiro atoms. The Kier molecular flexibility index (Phi) is 2.84. The quantitative estimate of drug-likeness (QED) is 0.703. The molecule has 1 fully saturated rings. The van der Waals surface area contributed by atoms with Gasteiger partial charge in [0, 0.05) is 0 Å². The molecule has 1 heterocycles. The number of nitrogens with zero attached hydrogens (tertiary/aromatic N) is 2. The van der Waals surface area contributed by atoms with Crippen molar-refractivity contribution in [2.45, 2.75) is 45.1 Å². The largest absolute Gasteiger partial charge is 0.294 e. The average Bonchev–Trinajstić information content (AvgIpc) is 2.61. The molecular formula is C11H15FN2O. The Morgan fingerprint density at radius 3 is 2.67 bits per heavy atom. The first kappa shape index (κ1) is 10.3. The summed E-state index contributed by atoms with van der Waals surface area (Å²) < 4.78 is 15.1. The molecule has 0 amide bonds. The fraction of sp³-hybridized carbons (Fsp3) is 0.636. The maximum atomic E-state index is 13.7. The predicted octanol–water partition coefficient (Wildman–Crippen LogP) is 2.73. The molecular weight excluding hydrogens is 195 g/mol. The topological polar surface area (TPSA) is 34.9 Å². The van der Waals surface area contributed by atoms with Crippen LogP contribution in [0.2, 0.25) is 0 Å². The Bertz CT molecular complexity index is 367. The monoisotopic (exact) mass is 210 g/mol. The molecule has 1 aliphatic rings. The smallest absolute Gasteiger partial charge is 0.222 e. The number of aromatic nitrogens is 2. The van der Waals surface area contributed by atoms with E-state index < -0.39 is 5.95 Å². The molecule has 2 rings (SSSR count). The molecule has 0 N–H and O–H groups in total. The molecule has 4 heteroatoms. The van der Waals surface area contributed by atoms with E-state index >= 15 is 0 Å². The van der Waals surface area contributed by atoms with Gasteiger partial charge in [0.15, 0.2) is 5.78 Å². The van der Waals surface area contributed by atoms with Gasteiger partial charge in [-0.1, -0.05) is 19.3 Å². The lowest BCUT2D eigenvalue weighted by Gasteiger charge is -2.22. The standard InChI is InChI=1S/C11H15FN2O/c1-8(15)10-7-13-14(11(10)12)9-5-3-2-4-6-9/h7,9H,2-6H2,1H3. The molecule has 15 heavy (non-hydrogen) atoms. The minimum absolute atomic E-state index is 0.112. The molecule has 0 saturated heterocycles. The first-order valence-corrected chi connectivity index (χ1v) is 5.44. The van der Waals surface area contributed by atoms with Gasteiger partial charge in [-0.2, -0.15) is 9.49 Å². The van der Waals surface area contributed by atoms with Crippen LogP contribution in [0.5, 0.6) is 0 Å². The highest BCUT2D eigenvalue weighted by molar-refractivity contribution is 5.93. The van der Waals surface area contributed by atoms with E-state index in [1.165, 1.54) is 24.2 Å². The number of Topliss-reactive ketones (excluding diaryl/α,β-unsaturated/α-hetero) is 1. The van der Waals surface area contributed by atoms with Crippen LogP contribution in [0.3, 0.4) is 0 Å². The van der Waals surface area contributed by atoms with Gasteiger partial charge in [-0.15, -0.1) is 0 Å². The number of halogens is 1. The predicted molar refractivity (Wildman–Crippen MR) is 54.3 cm³/mol. The second-order valence-corrected chi connectivity index (χ2v) is 4.14. The van der Waals surface area contributed by atoms with E-state index in [2.05, 4.69) is 5.10 Å². The van der Waals surface area contributed by atoms with Gasteiger partial charge in [0.25, 0.3) is 0 Å². The van der Waals surface area contributed by atoms with Gasteiger partial charge in [0.05, 0.1) is 17.8 Å². The second-order valence-electron chi connectivity index (χ2n) is 4.14. The summed E-state index contributed by atoms with van der Waals surface area (Å²) in [7, 11) is 0. The van der Waals surface area contributed by atoms with Gasteiger partial charge in [0.2, 0.25) is 5.95 Å². The van der Waals surface area contributed by atoms with Crippen molar-refractivity contribution in [3.05, 3.63) is 17.7 Å². The van der Waals surface area contributed by atoms with E-state index in [-0.39, 0.29) is 17.4 Å². The molecule has 1 aromatic heterocycles. The van der Waals surface area contributed by atoms with E-state index in [9.17, 15) is 9.18 Å². The summed E-state index contributed by atoms with van der Waals surface area (Å²) in [4.78, 5) is 11.1. The van der Waals surface area contributed by atoms with Crippen LogP contribution in [0.25, 0.3) is 0 Å². The summed E-state index contributed by atoms with van der Waals surface area (Å²) in [5.74, 6) is -0.719. The number of hydrogen-bond acceptors (Lipinski definition) is 2. The molecule has 1 aliphatic carbocycles. The van der Waals surface area contributed by atoms with Crippen molar-refractivity contribution in [2.24, 2.45) is 0 Å². The Morgan fingerprint density at radius 1 is 1.47 bits per heavy atom. The minimum atomic E-state index is -0.464. The van der Waals surface area contributed by atoms with Crippen molar-refractivity contribution < 1.29 is 9.18 Å². The highest BCUT2D eigenvalue weighted by Crippen LogP contribution is 2.28. The zero-order valence-corrected chi connectivity index (χ0v) is 8.87. The van der Waals surface area contributed by atoms with Gasteiger partial charge in [-0.3, -0.25) is 4.79 Å². The minimum Gasteiger partial charge on any atom is -0.294 e. The number of carbonyl (C=O) groups excluding carboxylic acids is 1. The Labute approximate surface area is 88.3 Å². The molecule has 3 nitrogen and oxygen atoms in total. The molecule has 0 bridgehead atoms. The molecule has 1 aromatic rings. The normalized spacial score (nSPS) is 18.0. The summed E-state index contributed by atoms with van der Waals surface area (Å²) >= 11 is 0. The van der Waals surface area contributed by atoms with Crippen LogP contribution in [0, 0.1) is 5.95 Å². The second kappa shape index (κ2) is 4.13. The van der Waals surface area contributed by atoms with Crippen molar-refractivity contribution in [2.75, 3.05) is 0 Å². The summed E-state index contributed by atoms with van der Waals surface area (Å²) in [6.07, 6.45) is 6.75. The molecule has 1 saturated carbocycles. The lowest BCUT2D eigenvalue weighted by Crippen LogP contribution is -2.16. The van der Waals surface area contributed by atoms with E-state index in [0.29, 0.717) is 0 Å². The summed E-state index contributed by atoms with van der Waals surface area (Å²) in [6.45, 7) is 1.37. The molecule has 0 unspecified atom stereocenters. The third kappa shape index (κ3) is 1.94. The Hall–Kier alpha value is -1.19. The molecule has 0 radical (unpaired) electrons. The van der Waals surface area contributed by atoms with Crippen LogP contribution in [0.15, 0.2) is 6.20 Å². The summed E-state index contributed by atoms with van der Waals surface area (Å²) in [5, 5.41) is 3.98. The van der Waals surface area contributed by atoms with Crippen molar-refractivity contribution in [3.63, 3.8) is 0 Å². The highest BCUT2D eigenvalue weighted by atomic mass is 19.1. The summed E-state index contributed by atoms with van der Waals surface area (Å²) in [5.41, 5.74) is 0.112. The fourth-order valence-corrected chi connectivity index (χ4v) is 2.16. The van der Waals surface area contributed by atoms with E-state index in [4.69, 9.17) is 0 Å². The SMILES string of the molecule is CC(=O)c1cnn(C2CCCCC2)c1F. The van der Waals surface area contributed by atoms with Crippen molar-refractivity contribution in [1.82, 2.24) is 9.78 Å². The van der Waals surface area contributed by atoms with Gasteiger partial charge in [-0.25, -0.2) is 4.68 Å². The van der Waals surface area contributed by atoms with Gasteiger partial charge in [-0.05, 0) is 19.8 Å².